The molecule has 0 amide bonds. The van der Waals surface area contributed by atoms with E-state index in [-0.39, 0.29) is 0 Å². The van der Waals surface area contributed by atoms with Crippen molar-refractivity contribution in [2.45, 2.75) is 0 Å². The third kappa shape index (κ3) is 6.02. The Hall–Kier alpha value is -1.61. The van der Waals surface area contributed by atoms with Crippen LogP contribution in [0.1, 0.15) is 0 Å². The summed E-state index contributed by atoms with van der Waals surface area (Å²) in [5.41, 5.74) is 6.57. The van der Waals surface area contributed by atoms with E-state index in [1.807, 2.05) is 35.2 Å². The SMILES string of the molecule is COS(=O)(=O)O.NC1=CCN(c2ccc(Cl)cc2)C=N1. The minimum absolute atomic E-state index is 0.565. The fourth-order valence-corrected chi connectivity index (χ4v) is 1.36. The molecule has 2 rings (SSSR count). The second-order valence-electron chi connectivity index (χ2n) is 3.60. The first-order valence-corrected chi connectivity index (χ1v) is 7.11. The summed E-state index contributed by atoms with van der Waals surface area (Å²) in [7, 11) is -3.29. The Balaban J connectivity index is 0.000000286. The molecule has 1 aliphatic rings. The van der Waals surface area contributed by atoms with Gasteiger partial charge in [-0.25, -0.2) is 4.99 Å². The van der Waals surface area contributed by atoms with Gasteiger partial charge in [-0.3, -0.25) is 8.74 Å². The van der Waals surface area contributed by atoms with Crippen LogP contribution >= 0.6 is 11.6 Å². The Morgan fingerprint density at radius 2 is 1.95 bits per heavy atom. The maximum absolute atomic E-state index is 9.33. The van der Waals surface area contributed by atoms with E-state index in [2.05, 4.69) is 9.18 Å². The summed E-state index contributed by atoms with van der Waals surface area (Å²) in [5, 5.41) is 0.734. The van der Waals surface area contributed by atoms with Crippen molar-refractivity contribution in [2.75, 3.05) is 18.6 Å². The van der Waals surface area contributed by atoms with Gasteiger partial charge in [-0.05, 0) is 30.3 Å². The third-order valence-corrected chi connectivity index (χ3v) is 2.89. The Kier molecular flexibility index (Phi) is 5.96. The van der Waals surface area contributed by atoms with Crippen molar-refractivity contribution in [3.63, 3.8) is 0 Å². The summed E-state index contributed by atoms with van der Waals surface area (Å²) in [6.45, 7) is 0.747. The van der Waals surface area contributed by atoms with Gasteiger partial charge in [-0.1, -0.05) is 11.6 Å². The number of nitrogens with zero attached hydrogens (tertiary/aromatic N) is 2. The number of nitrogens with two attached hydrogens (primary N) is 1. The number of rotatable bonds is 2. The molecule has 0 saturated carbocycles. The Morgan fingerprint density at radius 3 is 2.35 bits per heavy atom. The highest BCUT2D eigenvalue weighted by molar-refractivity contribution is 7.80. The number of halogens is 1. The summed E-state index contributed by atoms with van der Waals surface area (Å²) in [4.78, 5) is 6.01. The molecular weight excluding hydrogens is 306 g/mol. The van der Waals surface area contributed by atoms with Gasteiger partial charge in [0.05, 0.1) is 13.4 Å². The lowest BCUT2D eigenvalue weighted by molar-refractivity contribution is 0.324. The molecule has 1 aliphatic heterocycles. The van der Waals surface area contributed by atoms with Gasteiger partial charge in [0.2, 0.25) is 0 Å². The fraction of sp³-hybridized carbons (Fsp3) is 0.182. The maximum Gasteiger partial charge on any atom is 0.397 e. The number of aliphatic imine (C=N–C) groups is 1. The van der Waals surface area contributed by atoms with Crippen LogP contribution in [0.5, 0.6) is 0 Å². The monoisotopic (exact) mass is 319 g/mol. The zero-order chi connectivity index (χ0) is 15.2. The molecule has 0 saturated heterocycles. The van der Waals surface area contributed by atoms with Crippen LogP contribution in [0.25, 0.3) is 0 Å². The fourth-order valence-electron chi connectivity index (χ4n) is 1.23. The Morgan fingerprint density at radius 1 is 1.40 bits per heavy atom. The van der Waals surface area contributed by atoms with E-state index in [4.69, 9.17) is 21.9 Å². The van der Waals surface area contributed by atoms with Crippen molar-refractivity contribution >= 4 is 34.0 Å². The van der Waals surface area contributed by atoms with E-state index in [1.54, 1.807) is 6.34 Å². The van der Waals surface area contributed by atoms with Crippen LogP contribution in [0.15, 0.2) is 41.2 Å². The van der Waals surface area contributed by atoms with Gasteiger partial charge in [0.25, 0.3) is 0 Å². The first-order valence-electron chi connectivity index (χ1n) is 5.37. The van der Waals surface area contributed by atoms with Crippen LogP contribution in [0.2, 0.25) is 5.02 Å². The minimum Gasteiger partial charge on any atom is -0.384 e. The quantitative estimate of drug-likeness (QED) is 0.799. The van der Waals surface area contributed by atoms with Crippen LogP contribution in [-0.2, 0) is 14.6 Å². The van der Waals surface area contributed by atoms with Gasteiger partial charge in [0, 0.05) is 17.3 Å². The molecule has 1 aromatic rings. The topological polar surface area (TPSA) is 105 Å². The van der Waals surface area contributed by atoms with E-state index in [0.717, 1.165) is 24.4 Å². The molecule has 0 aromatic heterocycles. The number of hydrogen-bond donors (Lipinski definition) is 2. The molecule has 0 bridgehead atoms. The second kappa shape index (κ2) is 7.25. The lowest BCUT2D eigenvalue weighted by atomic mass is 10.3. The minimum atomic E-state index is -4.16. The molecule has 0 unspecified atom stereocenters. The summed E-state index contributed by atoms with van der Waals surface area (Å²) >= 11 is 5.79. The molecule has 0 fully saturated rings. The van der Waals surface area contributed by atoms with Gasteiger partial charge >= 0.3 is 10.4 Å². The second-order valence-corrected chi connectivity index (χ2v) is 5.22. The van der Waals surface area contributed by atoms with Crippen LogP contribution in [-0.4, -0.2) is 33.0 Å². The van der Waals surface area contributed by atoms with Gasteiger partial charge in [0.1, 0.15) is 5.82 Å². The standard InChI is InChI=1S/C10H10ClN3.CH4O4S/c11-8-1-3-9(4-2-8)14-6-5-10(12)13-7-14;1-5-6(2,3)4/h1-5,7H,6,12H2;1H3,(H,2,3,4). The molecule has 1 heterocycles. The van der Waals surface area contributed by atoms with Crippen molar-refractivity contribution in [1.29, 1.82) is 0 Å². The van der Waals surface area contributed by atoms with Gasteiger partial charge in [0.15, 0.2) is 0 Å². The highest BCUT2D eigenvalue weighted by atomic mass is 35.5. The van der Waals surface area contributed by atoms with Crippen molar-refractivity contribution in [2.24, 2.45) is 10.7 Å². The van der Waals surface area contributed by atoms with Gasteiger partial charge in [-0.15, -0.1) is 0 Å². The van der Waals surface area contributed by atoms with Crippen molar-refractivity contribution in [3.8, 4) is 0 Å². The molecule has 9 heteroatoms. The molecule has 110 valence electrons. The highest BCUT2D eigenvalue weighted by Crippen LogP contribution is 2.18. The number of hydrogen-bond acceptors (Lipinski definition) is 6. The van der Waals surface area contributed by atoms with E-state index >= 15 is 0 Å². The van der Waals surface area contributed by atoms with Gasteiger partial charge in [-0.2, -0.15) is 8.42 Å². The predicted molar refractivity (Wildman–Crippen MR) is 78.1 cm³/mol. The van der Waals surface area contributed by atoms with Crippen LogP contribution < -0.4 is 10.6 Å². The largest absolute Gasteiger partial charge is 0.397 e. The van der Waals surface area contributed by atoms with E-state index in [9.17, 15) is 8.42 Å². The van der Waals surface area contributed by atoms with Crippen molar-refractivity contribution in [3.05, 3.63) is 41.2 Å². The van der Waals surface area contributed by atoms with E-state index in [1.165, 1.54) is 0 Å². The molecule has 0 radical (unpaired) electrons. The van der Waals surface area contributed by atoms with Crippen LogP contribution in [0.3, 0.4) is 0 Å². The maximum atomic E-state index is 9.33. The summed E-state index contributed by atoms with van der Waals surface area (Å²) in [5.74, 6) is 0.565. The predicted octanol–water partition coefficient (Wildman–Crippen LogP) is 1.42. The normalized spacial score (nSPS) is 14.3. The number of benzene rings is 1. The van der Waals surface area contributed by atoms with E-state index in [0.29, 0.717) is 5.82 Å². The molecule has 0 spiro atoms. The first kappa shape index (κ1) is 16.4. The van der Waals surface area contributed by atoms with Crippen LogP contribution in [0.4, 0.5) is 5.69 Å². The average molecular weight is 320 g/mol. The van der Waals surface area contributed by atoms with Crippen molar-refractivity contribution in [1.82, 2.24) is 0 Å². The molecule has 1 aromatic carbocycles. The molecule has 20 heavy (non-hydrogen) atoms. The number of anilines is 1. The lowest BCUT2D eigenvalue weighted by Crippen LogP contribution is -2.25. The van der Waals surface area contributed by atoms with Gasteiger partial charge < -0.3 is 10.6 Å². The summed E-state index contributed by atoms with van der Waals surface area (Å²) in [6.07, 6.45) is 3.59. The average Bonchev–Trinajstić information content (AvgIpc) is 2.41. The third-order valence-electron chi connectivity index (χ3n) is 2.21. The lowest BCUT2D eigenvalue weighted by Gasteiger charge is -2.20. The molecule has 7 nitrogen and oxygen atoms in total. The molecule has 0 aliphatic carbocycles. The summed E-state index contributed by atoms with van der Waals surface area (Å²) in [6, 6.07) is 7.60. The molecule has 0 atom stereocenters. The Labute approximate surface area is 122 Å². The smallest absolute Gasteiger partial charge is 0.384 e. The first-order chi connectivity index (χ1) is 9.31. The summed E-state index contributed by atoms with van der Waals surface area (Å²) < 4.78 is 29.7. The molecule has 3 N–H and O–H groups in total. The van der Waals surface area contributed by atoms with E-state index < -0.39 is 10.4 Å². The van der Waals surface area contributed by atoms with Crippen molar-refractivity contribution < 1.29 is 17.2 Å². The van der Waals surface area contributed by atoms with Crippen LogP contribution in [0, 0.1) is 0 Å². The zero-order valence-corrected chi connectivity index (χ0v) is 12.2. The molecular formula is C11H14ClN3O4S. The zero-order valence-electron chi connectivity index (χ0n) is 10.6. The highest BCUT2D eigenvalue weighted by Gasteiger charge is 2.05. The Bertz CT molecular complexity index is 599.